The minimum Gasteiger partial charge on any atom is -0.507 e. The number of ether oxygens (including phenoxy) is 3. The topological polar surface area (TPSA) is 91.1 Å². The van der Waals surface area contributed by atoms with Crippen molar-refractivity contribution < 1.29 is 24.2 Å². The van der Waals surface area contributed by atoms with Crippen molar-refractivity contribution in [1.29, 1.82) is 0 Å². The monoisotopic (exact) mass is 333 g/mol. The number of benzene rings is 2. The van der Waals surface area contributed by atoms with E-state index in [9.17, 15) is 15.2 Å². The van der Waals surface area contributed by atoms with Gasteiger partial charge in [-0.15, -0.1) is 0 Å². The number of nitro groups is 1. The number of methoxy groups -OCH3 is 3. The number of rotatable bonds is 7. The predicted octanol–water partition coefficient (Wildman–Crippen LogP) is 2.83. The molecule has 24 heavy (non-hydrogen) atoms. The molecule has 0 saturated carbocycles. The third kappa shape index (κ3) is 3.68. The van der Waals surface area contributed by atoms with Crippen molar-refractivity contribution in [2.24, 2.45) is 0 Å². The van der Waals surface area contributed by atoms with E-state index in [0.717, 1.165) is 0 Å². The molecule has 0 fully saturated rings. The molecular weight excluding hydrogens is 314 g/mol. The van der Waals surface area contributed by atoms with Gasteiger partial charge in [-0.2, -0.15) is 0 Å². The molecule has 0 aliphatic rings. The number of aromatic hydroxyl groups is 1. The molecule has 7 nitrogen and oxygen atoms in total. The highest BCUT2D eigenvalue weighted by Crippen LogP contribution is 2.41. The van der Waals surface area contributed by atoms with Gasteiger partial charge in [-0.25, -0.2) is 0 Å². The molecule has 2 rings (SSSR count). The van der Waals surface area contributed by atoms with Crippen LogP contribution in [0.25, 0.3) is 0 Å². The Morgan fingerprint density at radius 1 is 1.04 bits per heavy atom. The average Bonchev–Trinajstić information content (AvgIpc) is 2.59. The molecular formula is C17H19NO6. The number of phenolic OH excluding ortho intramolecular Hbond substituents is 1. The molecule has 0 aromatic heterocycles. The van der Waals surface area contributed by atoms with Crippen LogP contribution in [-0.2, 0) is 0 Å². The summed E-state index contributed by atoms with van der Waals surface area (Å²) in [6.45, 7) is -0.386. The van der Waals surface area contributed by atoms with Gasteiger partial charge >= 0.3 is 0 Å². The standard InChI is InChI=1S/C17H19NO6/c1-22-12-6-4-11(5-7-12)14(10-18(20)21)17-15(19)8-13(23-2)9-16(17)24-3/h4-9,14,19H,10H2,1-3H3/t14-/m1/s1. The van der Waals surface area contributed by atoms with E-state index >= 15 is 0 Å². The van der Waals surface area contributed by atoms with E-state index < -0.39 is 10.8 Å². The summed E-state index contributed by atoms with van der Waals surface area (Å²) < 4.78 is 15.5. The highest BCUT2D eigenvalue weighted by Gasteiger charge is 2.27. The molecule has 7 heteroatoms. The Balaban J connectivity index is 2.57. The Kier molecular flexibility index (Phi) is 5.47. The summed E-state index contributed by atoms with van der Waals surface area (Å²) in [5.74, 6) is 0.586. The normalized spacial score (nSPS) is 11.6. The quantitative estimate of drug-likeness (QED) is 0.619. The first-order chi connectivity index (χ1) is 11.5. The van der Waals surface area contributed by atoms with Crippen LogP contribution < -0.4 is 14.2 Å². The van der Waals surface area contributed by atoms with Crippen molar-refractivity contribution in [3.05, 3.63) is 57.6 Å². The molecule has 0 spiro atoms. The summed E-state index contributed by atoms with van der Waals surface area (Å²) in [5.41, 5.74) is 1.02. The highest BCUT2D eigenvalue weighted by molar-refractivity contribution is 5.54. The van der Waals surface area contributed by atoms with Gasteiger partial charge in [-0.05, 0) is 17.7 Å². The molecule has 0 bridgehead atoms. The largest absolute Gasteiger partial charge is 0.507 e. The van der Waals surface area contributed by atoms with Crippen LogP contribution in [0.15, 0.2) is 36.4 Å². The Hall–Kier alpha value is -2.96. The molecule has 128 valence electrons. The predicted molar refractivity (Wildman–Crippen MR) is 87.9 cm³/mol. The summed E-state index contributed by atoms with van der Waals surface area (Å²) >= 11 is 0. The minimum absolute atomic E-state index is 0.117. The first kappa shape index (κ1) is 17.4. The Morgan fingerprint density at radius 3 is 2.17 bits per heavy atom. The zero-order chi connectivity index (χ0) is 17.7. The van der Waals surface area contributed by atoms with Crippen LogP contribution in [-0.4, -0.2) is 37.9 Å². The van der Waals surface area contributed by atoms with Gasteiger partial charge in [0.15, 0.2) is 0 Å². The van der Waals surface area contributed by atoms with Crippen molar-refractivity contribution >= 4 is 0 Å². The van der Waals surface area contributed by atoms with Gasteiger partial charge in [0.25, 0.3) is 0 Å². The van der Waals surface area contributed by atoms with E-state index in [4.69, 9.17) is 14.2 Å². The first-order valence-corrected chi connectivity index (χ1v) is 7.20. The van der Waals surface area contributed by atoms with Crippen molar-refractivity contribution in [1.82, 2.24) is 0 Å². The molecule has 0 heterocycles. The van der Waals surface area contributed by atoms with E-state index in [2.05, 4.69) is 0 Å². The van der Waals surface area contributed by atoms with Crippen LogP contribution in [0.2, 0.25) is 0 Å². The molecule has 0 saturated heterocycles. The Labute approximate surface area is 139 Å². The van der Waals surface area contributed by atoms with Crippen LogP contribution in [0.5, 0.6) is 23.0 Å². The van der Waals surface area contributed by atoms with E-state index in [1.165, 1.54) is 20.3 Å². The second kappa shape index (κ2) is 7.54. The van der Waals surface area contributed by atoms with Gasteiger partial charge in [0.2, 0.25) is 6.54 Å². The Morgan fingerprint density at radius 2 is 1.67 bits per heavy atom. The smallest absolute Gasteiger partial charge is 0.214 e. The summed E-state index contributed by atoms with van der Waals surface area (Å²) in [4.78, 5) is 10.7. The maximum atomic E-state index is 11.1. The van der Waals surface area contributed by atoms with Gasteiger partial charge < -0.3 is 19.3 Å². The molecule has 1 N–H and O–H groups in total. The number of phenols is 1. The van der Waals surface area contributed by atoms with Gasteiger partial charge in [0, 0.05) is 17.1 Å². The van der Waals surface area contributed by atoms with Gasteiger partial charge in [-0.1, -0.05) is 12.1 Å². The molecule has 0 aliphatic carbocycles. The minimum atomic E-state index is -0.674. The zero-order valence-electron chi connectivity index (χ0n) is 13.7. The van der Waals surface area contributed by atoms with Crippen LogP contribution in [0, 0.1) is 10.1 Å². The average molecular weight is 333 g/mol. The number of hydrogen-bond acceptors (Lipinski definition) is 6. The van der Waals surface area contributed by atoms with Crippen molar-refractivity contribution in [3.63, 3.8) is 0 Å². The summed E-state index contributed by atoms with van der Waals surface area (Å²) in [6.07, 6.45) is 0. The molecule has 0 amide bonds. The second-order valence-corrected chi connectivity index (χ2v) is 5.10. The van der Waals surface area contributed by atoms with Crippen molar-refractivity contribution in [2.45, 2.75) is 5.92 Å². The van der Waals surface area contributed by atoms with Crippen LogP contribution in [0.1, 0.15) is 17.0 Å². The fraction of sp³-hybridized carbons (Fsp3) is 0.294. The lowest BCUT2D eigenvalue weighted by Crippen LogP contribution is -2.15. The third-order valence-corrected chi connectivity index (χ3v) is 3.75. The number of nitrogens with zero attached hydrogens (tertiary/aromatic N) is 1. The van der Waals surface area contributed by atoms with E-state index in [0.29, 0.717) is 28.4 Å². The zero-order valence-corrected chi connectivity index (χ0v) is 13.7. The molecule has 1 atom stereocenters. The maximum absolute atomic E-state index is 11.1. The maximum Gasteiger partial charge on any atom is 0.214 e. The second-order valence-electron chi connectivity index (χ2n) is 5.10. The lowest BCUT2D eigenvalue weighted by molar-refractivity contribution is -0.481. The highest BCUT2D eigenvalue weighted by atomic mass is 16.6. The van der Waals surface area contributed by atoms with Crippen LogP contribution in [0.4, 0.5) is 0 Å². The molecule has 2 aromatic carbocycles. The molecule has 2 aromatic rings. The molecule has 0 radical (unpaired) electrons. The van der Waals surface area contributed by atoms with E-state index in [1.807, 2.05) is 0 Å². The number of hydrogen-bond donors (Lipinski definition) is 1. The fourth-order valence-electron chi connectivity index (χ4n) is 2.57. The summed E-state index contributed by atoms with van der Waals surface area (Å²) in [5, 5.41) is 21.5. The van der Waals surface area contributed by atoms with Gasteiger partial charge in [0.1, 0.15) is 23.0 Å². The van der Waals surface area contributed by atoms with E-state index in [1.54, 1.807) is 37.4 Å². The lowest BCUT2D eigenvalue weighted by atomic mass is 9.89. The van der Waals surface area contributed by atoms with Crippen molar-refractivity contribution in [2.75, 3.05) is 27.9 Å². The van der Waals surface area contributed by atoms with Gasteiger partial charge in [0.05, 0.1) is 32.8 Å². The summed E-state index contributed by atoms with van der Waals surface area (Å²) in [7, 11) is 4.45. The Bertz CT molecular complexity index is 714. The van der Waals surface area contributed by atoms with Crippen LogP contribution >= 0.6 is 0 Å². The fourth-order valence-corrected chi connectivity index (χ4v) is 2.57. The van der Waals surface area contributed by atoms with E-state index in [-0.39, 0.29) is 12.3 Å². The first-order valence-electron chi connectivity index (χ1n) is 7.20. The SMILES string of the molecule is COc1ccc([C@@H](C[N+](=O)[O-])c2c(O)cc(OC)cc2OC)cc1. The summed E-state index contributed by atoms with van der Waals surface area (Å²) in [6, 6.07) is 9.90. The lowest BCUT2D eigenvalue weighted by Gasteiger charge is -2.19. The third-order valence-electron chi connectivity index (χ3n) is 3.75. The van der Waals surface area contributed by atoms with Crippen LogP contribution in [0.3, 0.4) is 0 Å². The van der Waals surface area contributed by atoms with Gasteiger partial charge in [-0.3, -0.25) is 10.1 Å². The van der Waals surface area contributed by atoms with Crippen molar-refractivity contribution in [3.8, 4) is 23.0 Å². The molecule has 0 unspecified atom stereocenters. The molecule has 0 aliphatic heterocycles.